The van der Waals surface area contributed by atoms with E-state index in [1.54, 1.807) is 35.7 Å². The fraction of sp³-hybridized carbons (Fsp3) is 0.0952. The van der Waals surface area contributed by atoms with E-state index < -0.39 is 21.7 Å². The predicted molar refractivity (Wildman–Crippen MR) is 119 cm³/mol. The molecule has 2 N–H and O–H groups in total. The van der Waals surface area contributed by atoms with Gasteiger partial charge in [0.15, 0.2) is 9.84 Å². The van der Waals surface area contributed by atoms with E-state index in [1.807, 2.05) is 0 Å². The Kier molecular flexibility index (Phi) is 6.60. The molecule has 0 bridgehead atoms. The number of alkyl halides is 3. The Hall–Kier alpha value is -3.31. The van der Waals surface area contributed by atoms with Crippen molar-refractivity contribution < 1.29 is 21.6 Å². The SMILES string of the molecule is CS(=O)(=O)c1cccc(-c2csc(C(C=C(N)C(F)(F)F)=Nc3ccccc3N=O)c2)c1. The van der Waals surface area contributed by atoms with Crippen molar-refractivity contribution in [3.8, 4) is 11.1 Å². The normalized spacial score (nSPS) is 13.2. The topological polar surface area (TPSA) is 102 Å². The highest BCUT2D eigenvalue weighted by molar-refractivity contribution is 7.90. The molecular weight excluding hydrogens is 463 g/mol. The average molecular weight is 480 g/mol. The number of aliphatic imine (C=N–C) groups is 1. The van der Waals surface area contributed by atoms with E-state index >= 15 is 0 Å². The van der Waals surface area contributed by atoms with Gasteiger partial charge in [0.2, 0.25) is 0 Å². The number of hydrogen-bond acceptors (Lipinski definition) is 7. The Morgan fingerprint density at radius 3 is 2.34 bits per heavy atom. The van der Waals surface area contributed by atoms with Crippen molar-refractivity contribution in [1.29, 1.82) is 0 Å². The molecule has 0 aliphatic rings. The van der Waals surface area contributed by atoms with Gasteiger partial charge in [-0.2, -0.15) is 13.2 Å². The maximum Gasteiger partial charge on any atom is 0.430 e. The van der Waals surface area contributed by atoms with Crippen molar-refractivity contribution in [3.05, 3.63) is 81.5 Å². The summed E-state index contributed by atoms with van der Waals surface area (Å²) in [4.78, 5) is 15.7. The number of hydrogen-bond donors (Lipinski definition) is 1. The highest BCUT2D eigenvalue weighted by atomic mass is 32.2. The lowest BCUT2D eigenvalue weighted by atomic mass is 10.1. The maximum atomic E-state index is 13.1. The monoisotopic (exact) mass is 479 g/mol. The van der Waals surface area contributed by atoms with Crippen LogP contribution in [0.4, 0.5) is 24.5 Å². The first-order valence-corrected chi connectivity index (χ1v) is 11.7. The molecule has 0 atom stereocenters. The van der Waals surface area contributed by atoms with E-state index in [-0.39, 0.29) is 22.0 Å². The molecule has 1 aromatic heterocycles. The second-order valence-electron chi connectivity index (χ2n) is 6.67. The zero-order valence-electron chi connectivity index (χ0n) is 16.5. The molecule has 0 saturated carbocycles. The first-order valence-electron chi connectivity index (χ1n) is 8.94. The van der Waals surface area contributed by atoms with Gasteiger partial charge in [0, 0.05) is 6.26 Å². The average Bonchev–Trinajstić information content (AvgIpc) is 3.22. The minimum absolute atomic E-state index is 0.0402. The zero-order chi connectivity index (χ0) is 23.5. The molecule has 0 unspecified atom stereocenters. The summed E-state index contributed by atoms with van der Waals surface area (Å²) < 4.78 is 62.9. The van der Waals surface area contributed by atoms with Crippen molar-refractivity contribution in [1.82, 2.24) is 0 Å². The van der Waals surface area contributed by atoms with Gasteiger partial charge in [-0.15, -0.1) is 16.2 Å². The van der Waals surface area contributed by atoms with Gasteiger partial charge < -0.3 is 5.73 Å². The van der Waals surface area contributed by atoms with Gasteiger partial charge in [-0.05, 0) is 58.1 Å². The van der Waals surface area contributed by atoms with Crippen molar-refractivity contribution >= 4 is 38.3 Å². The van der Waals surface area contributed by atoms with Crippen LogP contribution >= 0.6 is 11.3 Å². The first kappa shape index (κ1) is 23.4. The van der Waals surface area contributed by atoms with Crippen LogP contribution in [0.1, 0.15) is 4.88 Å². The van der Waals surface area contributed by atoms with E-state index in [2.05, 4.69) is 10.2 Å². The lowest BCUT2D eigenvalue weighted by Crippen LogP contribution is -2.20. The number of benzene rings is 2. The Balaban J connectivity index is 2.13. The van der Waals surface area contributed by atoms with Crippen molar-refractivity contribution in [2.75, 3.05) is 6.26 Å². The van der Waals surface area contributed by atoms with E-state index in [0.29, 0.717) is 22.1 Å². The lowest BCUT2D eigenvalue weighted by Gasteiger charge is -2.07. The highest BCUT2D eigenvalue weighted by Crippen LogP contribution is 2.32. The third-order valence-electron chi connectivity index (χ3n) is 4.29. The van der Waals surface area contributed by atoms with Gasteiger partial charge in [-0.3, -0.25) is 0 Å². The van der Waals surface area contributed by atoms with Gasteiger partial charge in [0.1, 0.15) is 11.4 Å². The number of nitrogens with two attached hydrogens (primary N) is 1. The summed E-state index contributed by atoms with van der Waals surface area (Å²) in [6.45, 7) is 0. The standard InChI is InChI=1S/C21H16F3N3O3S2/c1-32(29,30)15-6-4-5-13(9-15)14-10-19(31-12-14)18(11-20(25)21(22,23)24)26-16-7-2-3-8-17(16)27-28/h2-12H,25H2,1H3. The fourth-order valence-corrected chi connectivity index (χ4v) is 4.23. The second kappa shape index (κ2) is 9.05. The third kappa shape index (κ3) is 5.48. The highest BCUT2D eigenvalue weighted by Gasteiger charge is 2.32. The molecule has 0 fully saturated rings. The Morgan fingerprint density at radius 2 is 1.72 bits per heavy atom. The molecule has 0 amide bonds. The van der Waals surface area contributed by atoms with Gasteiger partial charge in [0.05, 0.1) is 21.2 Å². The number of allylic oxidation sites excluding steroid dienone is 2. The molecule has 3 aromatic rings. The molecule has 32 heavy (non-hydrogen) atoms. The number of para-hydroxylation sites is 1. The third-order valence-corrected chi connectivity index (χ3v) is 6.35. The number of nitroso groups, excluding NO2 is 1. The smallest absolute Gasteiger partial charge is 0.395 e. The van der Waals surface area contributed by atoms with Crippen LogP contribution in [0.5, 0.6) is 0 Å². The minimum Gasteiger partial charge on any atom is -0.395 e. The molecule has 0 radical (unpaired) electrons. The van der Waals surface area contributed by atoms with Crippen LogP contribution in [-0.4, -0.2) is 26.6 Å². The summed E-state index contributed by atoms with van der Waals surface area (Å²) in [5.41, 5.74) is 4.92. The van der Waals surface area contributed by atoms with Gasteiger partial charge >= 0.3 is 6.18 Å². The number of nitrogens with zero attached hydrogens (tertiary/aromatic N) is 2. The Bertz CT molecular complexity index is 1330. The summed E-state index contributed by atoms with van der Waals surface area (Å²) in [7, 11) is -3.43. The Morgan fingerprint density at radius 1 is 1.03 bits per heavy atom. The van der Waals surface area contributed by atoms with Gasteiger partial charge in [-0.25, -0.2) is 13.4 Å². The number of thiophene rings is 1. The van der Waals surface area contributed by atoms with Crippen LogP contribution in [0.15, 0.2) is 86.8 Å². The summed E-state index contributed by atoms with van der Waals surface area (Å²) in [6, 6.07) is 13.7. The molecule has 1 heterocycles. The molecule has 2 aromatic carbocycles. The largest absolute Gasteiger partial charge is 0.430 e. The summed E-state index contributed by atoms with van der Waals surface area (Å²) >= 11 is 1.09. The lowest BCUT2D eigenvalue weighted by molar-refractivity contribution is -0.0925. The van der Waals surface area contributed by atoms with Crippen LogP contribution in [0, 0.1) is 4.91 Å². The van der Waals surface area contributed by atoms with Crippen molar-refractivity contribution in [2.45, 2.75) is 11.1 Å². The van der Waals surface area contributed by atoms with Crippen molar-refractivity contribution in [3.63, 3.8) is 0 Å². The molecule has 3 rings (SSSR count). The first-order chi connectivity index (χ1) is 15.0. The molecule has 0 aliphatic heterocycles. The van der Waals surface area contributed by atoms with Gasteiger partial charge in [0.25, 0.3) is 0 Å². The minimum atomic E-state index is -4.77. The number of sulfone groups is 1. The van der Waals surface area contributed by atoms with Crippen LogP contribution in [-0.2, 0) is 9.84 Å². The molecule has 166 valence electrons. The van der Waals surface area contributed by atoms with E-state index in [9.17, 15) is 26.5 Å². The van der Waals surface area contributed by atoms with Gasteiger partial charge in [-0.1, -0.05) is 24.3 Å². The molecule has 0 aliphatic carbocycles. The van der Waals surface area contributed by atoms with E-state index in [0.717, 1.165) is 17.6 Å². The predicted octanol–water partition coefficient (Wildman–Crippen LogP) is 5.74. The van der Waals surface area contributed by atoms with Crippen LogP contribution in [0.25, 0.3) is 11.1 Å². The fourth-order valence-electron chi connectivity index (χ4n) is 2.68. The second-order valence-corrected chi connectivity index (χ2v) is 9.60. The molecule has 11 heteroatoms. The number of rotatable bonds is 6. The summed E-state index contributed by atoms with van der Waals surface area (Å²) in [5.74, 6) is 0. The number of halogens is 3. The van der Waals surface area contributed by atoms with Crippen LogP contribution < -0.4 is 5.73 Å². The van der Waals surface area contributed by atoms with Crippen molar-refractivity contribution in [2.24, 2.45) is 15.9 Å². The summed E-state index contributed by atoms with van der Waals surface area (Å²) in [6.07, 6.45) is -3.00. The molecule has 6 nitrogen and oxygen atoms in total. The van der Waals surface area contributed by atoms with E-state index in [1.165, 1.54) is 24.3 Å². The van der Waals surface area contributed by atoms with Crippen LogP contribution in [0.3, 0.4) is 0 Å². The zero-order valence-corrected chi connectivity index (χ0v) is 18.1. The van der Waals surface area contributed by atoms with E-state index in [4.69, 9.17) is 5.73 Å². The Labute approximate surface area is 185 Å². The molecular formula is C21H16F3N3O3S2. The molecule has 0 spiro atoms. The molecule has 0 saturated heterocycles. The van der Waals surface area contributed by atoms with Crippen LogP contribution in [0.2, 0.25) is 0 Å². The quantitative estimate of drug-likeness (QED) is 0.360. The maximum absolute atomic E-state index is 13.1. The summed E-state index contributed by atoms with van der Waals surface area (Å²) in [5, 5.41) is 4.51.